The molecule has 0 amide bonds. The number of benzene rings is 2. The number of hydrogen-bond acceptors (Lipinski definition) is 6. The Morgan fingerprint density at radius 1 is 1.03 bits per heavy atom. The highest BCUT2D eigenvalue weighted by Crippen LogP contribution is 2.38. The highest BCUT2D eigenvalue weighted by molar-refractivity contribution is 9.10. The second-order valence-corrected chi connectivity index (χ2v) is 11.7. The van der Waals surface area contributed by atoms with Crippen LogP contribution in [0.5, 0.6) is 11.5 Å². The van der Waals surface area contributed by atoms with Gasteiger partial charge in [-0.05, 0) is 64.4 Å². The first-order valence-electron chi connectivity index (χ1n) is 13.4. The number of fused-ring (bicyclic) bond motifs is 1. The predicted molar refractivity (Wildman–Crippen MR) is 151 cm³/mol. The van der Waals surface area contributed by atoms with Gasteiger partial charge in [0, 0.05) is 41.3 Å². The Bertz CT molecular complexity index is 1230. The number of allylic oxidation sites excluding steroid dienone is 2. The van der Waals surface area contributed by atoms with Crippen molar-refractivity contribution in [3.63, 3.8) is 0 Å². The minimum absolute atomic E-state index is 0.0187. The fourth-order valence-corrected chi connectivity index (χ4v) is 6.03. The topological polar surface area (TPSA) is 60.4 Å². The van der Waals surface area contributed by atoms with Crippen LogP contribution in [0.1, 0.15) is 36.0 Å². The third kappa shape index (κ3) is 6.14. The fourth-order valence-electron chi connectivity index (χ4n) is 5.18. The number of aliphatic hydroxyl groups excluding tert-OH is 1. The van der Waals surface area contributed by atoms with E-state index in [9.17, 15) is 5.11 Å². The molecule has 6 rings (SSSR count). The molecule has 3 fully saturated rings. The van der Waals surface area contributed by atoms with Crippen molar-refractivity contribution in [2.45, 2.75) is 50.7 Å². The van der Waals surface area contributed by atoms with Gasteiger partial charge in [0.05, 0.1) is 30.9 Å². The van der Waals surface area contributed by atoms with E-state index in [1.807, 2.05) is 18.2 Å². The first-order chi connectivity index (χ1) is 18.5. The molecule has 6 nitrogen and oxygen atoms in total. The molecule has 0 spiro atoms. The summed E-state index contributed by atoms with van der Waals surface area (Å²) in [7, 11) is 0. The van der Waals surface area contributed by atoms with Crippen molar-refractivity contribution in [2.24, 2.45) is 5.92 Å². The molecule has 2 aliphatic heterocycles. The number of aliphatic hydroxyl groups is 1. The summed E-state index contributed by atoms with van der Waals surface area (Å²) in [6, 6.07) is 10.1. The van der Waals surface area contributed by atoms with Crippen molar-refractivity contribution < 1.29 is 24.1 Å². The molecule has 202 valence electrons. The molecule has 8 heteroatoms. The van der Waals surface area contributed by atoms with Gasteiger partial charge in [-0.3, -0.25) is 4.90 Å². The van der Waals surface area contributed by atoms with E-state index in [0.717, 1.165) is 45.5 Å². The molecule has 4 aliphatic rings. The van der Waals surface area contributed by atoms with Crippen molar-refractivity contribution in [2.75, 3.05) is 32.9 Å². The lowest BCUT2D eigenvalue weighted by Gasteiger charge is -2.31. The van der Waals surface area contributed by atoms with E-state index < -0.39 is 0 Å². The van der Waals surface area contributed by atoms with Gasteiger partial charge < -0.3 is 24.1 Å². The highest BCUT2D eigenvalue weighted by atomic mass is 79.9. The van der Waals surface area contributed by atoms with Gasteiger partial charge in [0.15, 0.2) is 0 Å². The zero-order chi connectivity index (χ0) is 26.1. The normalized spacial score (nSPS) is 25.2. The van der Waals surface area contributed by atoms with Crippen LogP contribution in [0.4, 0.5) is 0 Å². The third-order valence-corrected chi connectivity index (χ3v) is 8.77. The maximum atomic E-state index is 9.94. The van der Waals surface area contributed by atoms with Crippen LogP contribution < -0.4 is 9.47 Å². The Kier molecular flexibility index (Phi) is 8.12. The lowest BCUT2D eigenvalue weighted by Crippen LogP contribution is -2.37. The summed E-state index contributed by atoms with van der Waals surface area (Å²) in [5.74, 6) is 2.05. The van der Waals surface area contributed by atoms with Gasteiger partial charge in [-0.1, -0.05) is 42.0 Å². The van der Waals surface area contributed by atoms with E-state index in [-0.39, 0.29) is 18.3 Å². The van der Waals surface area contributed by atoms with Crippen LogP contribution in [0.3, 0.4) is 0 Å². The molecule has 0 aromatic heterocycles. The van der Waals surface area contributed by atoms with E-state index in [1.165, 1.54) is 12.8 Å². The summed E-state index contributed by atoms with van der Waals surface area (Å²) in [5, 5.41) is 10.5. The smallest absolute Gasteiger partial charge is 0.142 e. The number of ether oxygens (including phenoxy) is 4. The summed E-state index contributed by atoms with van der Waals surface area (Å²) >= 11 is 10.5. The Labute approximate surface area is 237 Å². The molecule has 0 bridgehead atoms. The third-order valence-electron chi connectivity index (χ3n) is 7.54. The summed E-state index contributed by atoms with van der Waals surface area (Å²) in [6.45, 7) is 4.55. The van der Waals surface area contributed by atoms with Gasteiger partial charge in [-0.25, -0.2) is 0 Å². The summed E-state index contributed by atoms with van der Waals surface area (Å²) < 4.78 is 25.2. The molecule has 2 unspecified atom stereocenters. The largest absolute Gasteiger partial charge is 0.493 e. The molecule has 0 radical (unpaired) electrons. The molecule has 1 saturated carbocycles. The standard InChI is InChI=1S/C30H33BrClNO5/c31-30-21(2-1-3-24(30)20-6-7-26-29(13-20)36-11-10-35-26)18-38-28-14-27(37-17-19-4-5-19)22(12-25(28)32)15-33-9-8-23(34)16-33/h1-3,6-7,12-14,19,23,26,29,34H,4-5,8-11,15-18H2/t23-,26?,29?/m0/s1. The number of β-amino-alcohol motifs (C(OH)–C–C–N with tert-alkyl or cyclic N) is 1. The Morgan fingerprint density at radius 3 is 2.66 bits per heavy atom. The van der Waals surface area contributed by atoms with E-state index in [4.69, 9.17) is 30.5 Å². The molecule has 1 N–H and O–H groups in total. The van der Waals surface area contributed by atoms with Crippen molar-refractivity contribution in [3.05, 3.63) is 74.7 Å². The van der Waals surface area contributed by atoms with Crippen LogP contribution in [0, 0.1) is 5.92 Å². The Hall–Kier alpha value is -1.87. The monoisotopic (exact) mass is 601 g/mol. The van der Waals surface area contributed by atoms with Crippen LogP contribution in [0.25, 0.3) is 5.57 Å². The first kappa shape index (κ1) is 26.4. The van der Waals surface area contributed by atoms with E-state index in [0.29, 0.717) is 56.2 Å². The second-order valence-electron chi connectivity index (χ2n) is 10.5. The van der Waals surface area contributed by atoms with Gasteiger partial charge in [-0.15, -0.1) is 0 Å². The van der Waals surface area contributed by atoms with Gasteiger partial charge in [0.25, 0.3) is 0 Å². The highest BCUT2D eigenvalue weighted by Gasteiger charge is 2.27. The van der Waals surface area contributed by atoms with Gasteiger partial charge in [0.2, 0.25) is 0 Å². The van der Waals surface area contributed by atoms with Crippen LogP contribution in [0.2, 0.25) is 5.02 Å². The molecule has 2 heterocycles. The van der Waals surface area contributed by atoms with E-state index in [2.05, 4.69) is 51.2 Å². The predicted octanol–water partition coefficient (Wildman–Crippen LogP) is 5.77. The molecule has 2 aromatic carbocycles. The number of rotatable bonds is 9. The van der Waals surface area contributed by atoms with Crippen LogP contribution in [0.15, 0.2) is 53.0 Å². The van der Waals surface area contributed by atoms with E-state index in [1.54, 1.807) is 0 Å². The summed E-state index contributed by atoms with van der Waals surface area (Å²) in [6.07, 6.45) is 9.20. The summed E-state index contributed by atoms with van der Waals surface area (Å²) in [4.78, 5) is 2.24. The van der Waals surface area contributed by atoms with Crippen molar-refractivity contribution in [1.82, 2.24) is 4.90 Å². The minimum Gasteiger partial charge on any atom is -0.493 e. The minimum atomic E-state index is -0.261. The zero-order valence-corrected chi connectivity index (χ0v) is 23.6. The zero-order valence-electron chi connectivity index (χ0n) is 21.3. The van der Waals surface area contributed by atoms with Crippen molar-refractivity contribution in [3.8, 4) is 11.5 Å². The maximum Gasteiger partial charge on any atom is 0.142 e. The van der Waals surface area contributed by atoms with Crippen LogP contribution >= 0.6 is 27.5 Å². The molecule has 2 saturated heterocycles. The van der Waals surface area contributed by atoms with Gasteiger partial charge in [-0.2, -0.15) is 0 Å². The molecular formula is C30H33BrClNO5. The summed E-state index contributed by atoms with van der Waals surface area (Å²) in [5.41, 5.74) is 4.23. The van der Waals surface area contributed by atoms with Gasteiger partial charge in [0.1, 0.15) is 30.3 Å². The SMILES string of the molecule is O[C@H]1CCN(Cc2cc(Cl)c(OCc3cccc(C4=CC5OCCOC5C=C4)c3Br)cc2OCC2CC2)C1. The number of nitrogens with zero attached hydrogens (tertiary/aromatic N) is 1. The lowest BCUT2D eigenvalue weighted by atomic mass is 9.95. The average Bonchev–Trinajstić information content (AvgIpc) is 3.67. The maximum absolute atomic E-state index is 9.94. The van der Waals surface area contributed by atoms with Crippen LogP contribution in [-0.4, -0.2) is 61.2 Å². The second kappa shape index (κ2) is 11.7. The Balaban J connectivity index is 1.19. The molecule has 2 aliphatic carbocycles. The molecular weight excluding hydrogens is 570 g/mol. The fraction of sp³-hybridized carbons (Fsp3) is 0.467. The number of halogens is 2. The van der Waals surface area contributed by atoms with Crippen molar-refractivity contribution >= 4 is 33.1 Å². The lowest BCUT2D eigenvalue weighted by molar-refractivity contribution is -0.101. The van der Waals surface area contributed by atoms with E-state index >= 15 is 0 Å². The molecule has 38 heavy (non-hydrogen) atoms. The van der Waals surface area contributed by atoms with Gasteiger partial charge >= 0.3 is 0 Å². The van der Waals surface area contributed by atoms with Crippen LogP contribution in [-0.2, 0) is 22.6 Å². The quantitative estimate of drug-likeness (QED) is 0.393. The molecule has 2 aromatic rings. The Morgan fingerprint density at radius 2 is 1.87 bits per heavy atom. The average molecular weight is 603 g/mol. The molecule has 3 atom stereocenters. The number of likely N-dealkylation sites (tertiary alicyclic amines) is 1. The number of hydrogen-bond donors (Lipinski definition) is 1. The van der Waals surface area contributed by atoms with Crippen molar-refractivity contribution in [1.29, 1.82) is 0 Å². The first-order valence-corrected chi connectivity index (χ1v) is 14.6.